The molecule has 2 N–H and O–H groups in total. The van der Waals surface area contributed by atoms with E-state index in [0.29, 0.717) is 6.61 Å². The van der Waals surface area contributed by atoms with E-state index in [-0.39, 0.29) is 12.4 Å². The van der Waals surface area contributed by atoms with Gasteiger partial charge in [0.25, 0.3) is 5.97 Å². The van der Waals surface area contributed by atoms with Crippen LogP contribution >= 0.6 is 12.4 Å². The summed E-state index contributed by atoms with van der Waals surface area (Å²) in [6, 6.07) is 9.54. The lowest BCUT2D eigenvalue weighted by Crippen LogP contribution is -2.18. The summed E-state index contributed by atoms with van der Waals surface area (Å²) in [6.45, 7) is 1.40. The first kappa shape index (κ1) is 17.6. The first-order valence-corrected chi connectivity index (χ1v) is 4.64. The highest BCUT2D eigenvalue weighted by molar-refractivity contribution is 5.85. The van der Waals surface area contributed by atoms with Crippen LogP contribution in [0.25, 0.3) is 0 Å². The Balaban J connectivity index is 0. The van der Waals surface area contributed by atoms with Gasteiger partial charge in [0, 0.05) is 14.0 Å². The van der Waals surface area contributed by atoms with Crippen molar-refractivity contribution in [3.8, 4) is 0 Å². The molecule has 1 amide bonds. The zero-order chi connectivity index (χ0) is 12.4. The Hall–Kier alpha value is -1.75. The maximum absolute atomic E-state index is 10.7. The Kier molecular flexibility index (Phi) is 11.2. The summed E-state index contributed by atoms with van der Waals surface area (Å²) < 4.78 is 4.83. The molecule has 0 aliphatic carbocycles. The largest absolute Gasteiger partial charge is 0.481 e. The van der Waals surface area contributed by atoms with Gasteiger partial charge in [-0.25, -0.2) is 4.79 Å². The highest BCUT2D eigenvalue weighted by Gasteiger charge is 1.96. The summed E-state index contributed by atoms with van der Waals surface area (Å²) in [5, 5.41) is 9.79. The summed E-state index contributed by atoms with van der Waals surface area (Å²) in [6.07, 6.45) is -0.404. The quantitative estimate of drug-likeness (QED) is 0.854. The van der Waals surface area contributed by atoms with Gasteiger partial charge in [-0.2, -0.15) is 0 Å². The fourth-order valence-electron chi connectivity index (χ4n) is 0.795. The zero-order valence-electron chi connectivity index (χ0n) is 9.67. The Morgan fingerprint density at radius 1 is 1.29 bits per heavy atom. The summed E-state index contributed by atoms with van der Waals surface area (Å²) in [5.41, 5.74) is 0.987. The lowest BCUT2D eigenvalue weighted by Gasteiger charge is -2.02. The number of nitrogens with one attached hydrogen (secondary N) is 1. The molecule has 1 aromatic carbocycles. The first-order chi connectivity index (χ1) is 7.56. The molecule has 5 nitrogen and oxygen atoms in total. The van der Waals surface area contributed by atoms with E-state index in [9.17, 15) is 4.79 Å². The zero-order valence-corrected chi connectivity index (χ0v) is 10.5. The van der Waals surface area contributed by atoms with Crippen molar-refractivity contribution in [1.29, 1.82) is 0 Å². The van der Waals surface area contributed by atoms with Crippen molar-refractivity contribution in [1.82, 2.24) is 5.32 Å². The second-order valence-corrected chi connectivity index (χ2v) is 2.83. The number of carboxylic acid groups (broad SMARTS) is 1. The number of hydrogen-bond acceptors (Lipinski definition) is 3. The van der Waals surface area contributed by atoms with Crippen molar-refractivity contribution >= 4 is 24.5 Å². The molecule has 0 atom stereocenters. The van der Waals surface area contributed by atoms with Crippen LogP contribution < -0.4 is 5.32 Å². The lowest BCUT2D eigenvalue weighted by molar-refractivity contribution is -0.134. The number of halogens is 1. The smallest absolute Gasteiger partial charge is 0.407 e. The summed E-state index contributed by atoms with van der Waals surface area (Å²) in [4.78, 5) is 19.7. The molecule has 0 saturated heterocycles. The van der Waals surface area contributed by atoms with E-state index in [2.05, 4.69) is 5.32 Å². The van der Waals surface area contributed by atoms with Crippen molar-refractivity contribution in [3.05, 3.63) is 35.9 Å². The third-order valence-corrected chi connectivity index (χ3v) is 1.42. The van der Waals surface area contributed by atoms with Gasteiger partial charge in [-0.15, -0.1) is 12.4 Å². The number of ether oxygens (including phenoxy) is 1. The predicted molar refractivity (Wildman–Crippen MR) is 66.2 cm³/mol. The van der Waals surface area contributed by atoms with Crippen LogP contribution in [-0.4, -0.2) is 24.2 Å². The van der Waals surface area contributed by atoms with Crippen molar-refractivity contribution in [3.63, 3.8) is 0 Å². The molecule has 17 heavy (non-hydrogen) atoms. The van der Waals surface area contributed by atoms with E-state index in [1.165, 1.54) is 7.05 Å². The number of rotatable bonds is 2. The Morgan fingerprint density at radius 3 is 2.18 bits per heavy atom. The van der Waals surface area contributed by atoms with E-state index < -0.39 is 12.1 Å². The van der Waals surface area contributed by atoms with Crippen LogP contribution in [-0.2, 0) is 16.1 Å². The minimum Gasteiger partial charge on any atom is -0.481 e. The van der Waals surface area contributed by atoms with Gasteiger partial charge in [0.2, 0.25) is 0 Å². The molecular formula is C11H16ClNO4. The van der Waals surface area contributed by atoms with E-state index in [1.54, 1.807) is 0 Å². The number of carboxylic acids is 1. The van der Waals surface area contributed by atoms with Gasteiger partial charge in [-0.05, 0) is 5.56 Å². The van der Waals surface area contributed by atoms with Crippen LogP contribution in [0.5, 0.6) is 0 Å². The summed E-state index contributed by atoms with van der Waals surface area (Å²) in [5.74, 6) is -0.833. The van der Waals surface area contributed by atoms with Gasteiger partial charge in [0.05, 0.1) is 0 Å². The molecular weight excluding hydrogens is 246 g/mol. The predicted octanol–water partition coefficient (Wildman–Crippen LogP) is 2.06. The second-order valence-electron chi connectivity index (χ2n) is 2.83. The highest BCUT2D eigenvalue weighted by Crippen LogP contribution is 1.99. The second kappa shape index (κ2) is 10.8. The molecule has 0 fully saturated rings. The van der Waals surface area contributed by atoms with Crippen molar-refractivity contribution in [2.45, 2.75) is 13.5 Å². The average molecular weight is 262 g/mol. The van der Waals surface area contributed by atoms with E-state index in [4.69, 9.17) is 14.6 Å². The molecule has 96 valence electrons. The van der Waals surface area contributed by atoms with Gasteiger partial charge in [-0.1, -0.05) is 30.3 Å². The van der Waals surface area contributed by atoms with Crippen molar-refractivity contribution in [2.75, 3.05) is 7.05 Å². The SMILES string of the molecule is CC(=O)O.CNC(=O)OCc1ccccc1.Cl. The van der Waals surface area contributed by atoms with E-state index in [0.717, 1.165) is 12.5 Å². The Bertz CT molecular complexity index is 326. The number of benzene rings is 1. The molecule has 0 aliphatic rings. The van der Waals surface area contributed by atoms with Crippen LogP contribution in [0.1, 0.15) is 12.5 Å². The normalized spacial score (nSPS) is 7.88. The maximum atomic E-state index is 10.7. The molecule has 1 aromatic rings. The van der Waals surface area contributed by atoms with Crippen LogP contribution in [0.2, 0.25) is 0 Å². The molecule has 0 unspecified atom stereocenters. The van der Waals surface area contributed by atoms with E-state index >= 15 is 0 Å². The van der Waals surface area contributed by atoms with Crippen molar-refractivity contribution < 1.29 is 19.4 Å². The Labute approximate surface area is 106 Å². The maximum Gasteiger partial charge on any atom is 0.407 e. The number of carbonyl (C=O) groups excluding carboxylic acids is 1. The monoisotopic (exact) mass is 261 g/mol. The molecule has 0 aromatic heterocycles. The number of alkyl carbamates (subject to hydrolysis) is 1. The van der Waals surface area contributed by atoms with Gasteiger partial charge in [-0.3, -0.25) is 4.79 Å². The van der Waals surface area contributed by atoms with Gasteiger partial charge < -0.3 is 15.2 Å². The number of hydrogen-bond donors (Lipinski definition) is 2. The Morgan fingerprint density at radius 2 is 1.76 bits per heavy atom. The number of aliphatic carboxylic acids is 1. The molecule has 0 spiro atoms. The van der Waals surface area contributed by atoms with Crippen LogP contribution in [0.4, 0.5) is 4.79 Å². The lowest BCUT2D eigenvalue weighted by atomic mass is 10.2. The molecule has 6 heteroatoms. The van der Waals surface area contributed by atoms with Crippen LogP contribution in [0.15, 0.2) is 30.3 Å². The first-order valence-electron chi connectivity index (χ1n) is 4.64. The molecule has 1 rings (SSSR count). The third-order valence-electron chi connectivity index (χ3n) is 1.42. The molecule has 0 heterocycles. The van der Waals surface area contributed by atoms with Gasteiger partial charge >= 0.3 is 6.09 Å². The minimum atomic E-state index is -0.833. The fraction of sp³-hybridized carbons (Fsp3) is 0.273. The van der Waals surface area contributed by atoms with Crippen LogP contribution in [0.3, 0.4) is 0 Å². The number of amides is 1. The summed E-state index contributed by atoms with van der Waals surface area (Å²) >= 11 is 0. The average Bonchev–Trinajstić information content (AvgIpc) is 2.26. The molecule has 0 aliphatic heterocycles. The van der Waals surface area contributed by atoms with E-state index in [1.807, 2.05) is 30.3 Å². The van der Waals surface area contributed by atoms with Crippen LogP contribution in [0, 0.1) is 0 Å². The number of carbonyl (C=O) groups is 2. The van der Waals surface area contributed by atoms with Gasteiger partial charge in [0.15, 0.2) is 0 Å². The molecule has 0 radical (unpaired) electrons. The third kappa shape index (κ3) is 12.2. The minimum absolute atomic E-state index is 0. The fourth-order valence-corrected chi connectivity index (χ4v) is 0.795. The summed E-state index contributed by atoms with van der Waals surface area (Å²) in [7, 11) is 1.54. The topological polar surface area (TPSA) is 75.6 Å². The van der Waals surface area contributed by atoms with Gasteiger partial charge in [0.1, 0.15) is 6.61 Å². The van der Waals surface area contributed by atoms with Crippen molar-refractivity contribution in [2.24, 2.45) is 0 Å². The highest BCUT2D eigenvalue weighted by atomic mass is 35.5. The standard InChI is InChI=1S/C9H11NO2.C2H4O2.ClH/c1-10-9(11)12-7-8-5-3-2-4-6-8;1-2(3)4;/h2-6H,7H2,1H3,(H,10,11);1H3,(H,3,4);1H. The molecule has 0 saturated carbocycles. The molecule has 0 bridgehead atoms.